The molecule has 6 nitrogen and oxygen atoms in total. The summed E-state index contributed by atoms with van der Waals surface area (Å²) in [5, 5.41) is 2.79. The summed E-state index contributed by atoms with van der Waals surface area (Å²) in [6, 6.07) is 12.6. The van der Waals surface area contributed by atoms with Gasteiger partial charge in [-0.2, -0.15) is 0 Å². The third kappa shape index (κ3) is 5.72. The van der Waals surface area contributed by atoms with Gasteiger partial charge in [-0.15, -0.1) is 0 Å². The second kappa shape index (κ2) is 8.90. The quantitative estimate of drug-likeness (QED) is 0.749. The zero-order valence-electron chi connectivity index (χ0n) is 16.2. The average molecular weight is 391 g/mol. The van der Waals surface area contributed by atoms with Crippen LogP contribution in [0.2, 0.25) is 0 Å². The highest BCUT2D eigenvalue weighted by Gasteiger charge is 2.19. The third-order valence-electron chi connectivity index (χ3n) is 4.18. The number of benzene rings is 2. The smallest absolute Gasteiger partial charge is 0.232 e. The van der Waals surface area contributed by atoms with Gasteiger partial charge in [-0.1, -0.05) is 18.2 Å². The zero-order valence-corrected chi connectivity index (χ0v) is 17.0. The number of nitrogens with zero attached hydrogens (tertiary/aromatic N) is 1. The van der Waals surface area contributed by atoms with Gasteiger partial charge < -0.3 is 10.1 Å². The fraction of sp³-hybridized carbons (Fsp3) is 0.350. The molecule has 1 amide bonds. The first-order chi connectivity index (χ1) is 12.7. The molecule has 0 atom stereocenters. The molecule has 0 saturated carbocycles. The van der Waals surface area contributed by atoms with Gasteiger partial charge in [0.05, 0.1) is 24.2 Å². The van der Waals surface area contributed by atoms with Crippen molar-refractivity contribution in [1.82, 2.24) is 0 Å². The van der Waals surface area contributed by atoms with E-state index in [0.29, 0.717) is 23.7 Å². The fourth-order valence-corrected chi connectivity index (χ4v) is 3.55. The molecule has 2 aromatic carbocycles. The van der Waals surface area contributed by atoms with E-state index >= 15 is 0 Å². The molecule has 0 fully saturated rings. The van der Waals surface area contributed by atoms with Gasteiger partial charge in [0.25, 0.3) is 0 Å². The molecule has 146 valence electrons. The van der Waals surface area contributed by atoms with Crippen LogP contribution in [0.5, 0.6) is 5.75 Å². The first-order valence-corrected chi connectivity index (χ1v) is 10.6. The number of ether oxygens (including phenoxy) is 1. The number of hydrogen-bond acceptors (Lipinski definition) is 4. The first kappa shape index (κ1) is 20.8. The Bertz CT molecular complexity index is 910. The van der Waals surface area contributed by atoms with Crippen LogP contribution in [-0.4, -0.2) is 33.7 Å². The zero-order chi connectivity index (χ0) is 20.0. The lowest BCUT2D eigenvalue weighted by Crippen LogP contribution is -2.33. The number of carbonyl (C=O) groups excluding carboxylic acids is 1. The highest BCUT2D eigenvalue weighted by molar-refractivity contribution is 7.92. The van der Waals surface area contributed by atoms with Crippen molar-refractivity contribution < 1.29 is 17.9 Å². The lowest BCUT2D eigenvalue weighted by atomic mass is 10.1. The molecule has 0 bridgehead atoms. The molecule has 0 aliphatic carbocycles. The van der Waals surface area contributed by atoms with E-state index in [9.17, 15) is 13.2 Å². The highest BCUT2D eigenvalue weighted by atomic mass is 32.2. The van der Waals surface area contributed by atoms with Gasteiger partial charge in [0, 0.05) is 13.0 Å². The number of nitrogens with one attached hydrogen (secondary N) is 1. The van der Waals surface area contributed by atoms with Gasteiger partial charge in [0.1, 0.15) is 5.75 Å². The highest BCUT2D eigenvalue weighted by Crippen LogP contribution is 2.24. The average Bonchev–Trinajstić information content (AvgIpc) is 2.59. The summed E-state index contributed by atoms with van der Waals surface area (Å²) in [6.45, 7) is 6.31. The van der Waals surface area contributed by atoms with Crippen LogP contribution < -0.4 is 14.4 Å². The monoisotopic (exact) mass is 390 g/mol. The van der Waals surface area contributed by atoms with Crippen LogP contribution in [0.15, 0.2) is 42.5 Å². The van der Waals surface area contributed by atoms with E-state index in [2.05, 4.69) is 5.32 Å². The van der Waals surface area contributed by atoms with Gasteiger partial charge in [-0.25, -0.2) is 8.42 Å². The molecule has 27 heavy (non-hydrogen) atoms. The molecule has 1 N–H and O–H groups in total. The summed E-state index contributed by atoms with van der Waals surface area (Å²) in [6.07, 6.45) is 1.17. The van der Waals surface area contributed by atoms with Crippen molar-refractivity contribution in [2.75, 3.05) is 29.0 Å². The van der Waals surface area contributed by atoms with Crippen molar-refractivity contribution in [2.45, 2.75) is 27.2 Å². The molecule has 0 spiro atoms. The third-order valence-corrected chi connectivity index (χ3v) is 5.38. The minimum absolute atomic E-state index is 0.0282. The lowest BCUT2D eigenvalue weighted by molar-refractivity contribution is -0.116. The Morgan fingerprint density at radius 1 is 1.11 bits per heavy atom. The van der Waals surface area contributed by atoms with Crippen molar-refractivity contribution in [3.05, 3.63) is 53.6 Å². The SMILES string of the molecule is CCOc1ccccc1NC(=O)CCN(c1ccc(C)c(C)c1)S(C)(=O)=O. The molecular formula is C20H26N2O4S. The molecule has 0 aliphatic rings. The van der Waals surface area contributed by atoms with Gasteiger partial charge >= 0.3 is 0 Å². The van der Waals surface area contributed by atoms with E-state index in [4.69, 9.17) is 4.74 Å². The number of sulfonamides is 1. The van der Waals surface area contributed by atoms with Crippen LogP contribution >= 0.6 is 0 Å². The predicted molar refractivity (Wildman–Crippen MR) is 109 cm³/mol. The first-order valence-electron chi connectivity index (χ1n) is 8.79. The predicted octanol–water partition coefficient (Wildman–Crippen LogP) is 3.50. The van der Waals surface area contributed by atoms with Crippen LogP contribution in [0, 0.1) is 13.8 Å². The number of aryl methyl sites for hydroxylation is 2. The lowest BCUT2D eigenvalue weighted by Gasteiger charge is -2.23. The van der Waals surface area contributed by atoms with Crippen molar-refractivity contribution in [1.29, 1.82) is 0 Å². The Labute approximate surface area is 161 Å². The largest absolute Gasteiger partial charge is 0.492 e. The number of hydrogen-bond donors (Lipinski definition) is 1. The second-order valence-electron chi connectivity index (χ2n) is 6.33. The van der Waals surface area contributed by atoms with Crippen molar-refractivity contribution in [3.8, 4) is 5.75 Å². The summed E-state index contributed by atoms with van der Waals surface area (Å²) < 4.78 is 31.2. The topological polar surface area (TPSA) is 75.7 Å². The Balaban J connectivity index is 2.11. The molecule has 2 rings (SSSR count). The summed E-state index contributed by atoms with van der Waals surface area (Å²) >= 11 is 0. The molecular weight excluding hydrogens is 364 g/mol. The van der Waals surface area contributed by atoms with E-state index in [0.717, 1.165) is 17.4 Å². The molecule has 0 saturated heterocycles. The molecule has 0 radical (unpaired) electrons. The molecule has 0 unspecified atom stereocenters. The van der Waals surface area contributed by atoms with E-state index < -0.39 is 10.0 Å². The normalized spacial score (nSPS) is 11.1. The Morgan fingerprint density at radius 2 is 1.81 bits per heavy atom. The van der Waals surface area contributed by atoms with Gasteiger partial charge in [-0.05, 0) is 56.2 Å². The number of rotatable bonds is 8. The molecule has 7 heteroatoms. The van der Waals surface area contributed by atoms with Crippen molar-refractivity contribution >= 4 is 27.3 Å². The summed E-state index contributed by atoms with van der Waals surface area (Å²) in [4.78, 5) is 12.4. The van der Waals surface area contributed by atoms with Gasteiger partial charge in [0.2, 0.25) is 15.9 Å². The molecule has 2 aromatic rings. The Kier molecular flexibility index (Phi) is 6.85. The van der Waals surface area contributed by atoms with E-state index in [1.807, 2.05) is 39.0 Å². The maximum Gasteiger partial charge on any atom is 0.232 e. The van der Waals surface area contributed by atoms with E-state index in [1.165, 1.54) is 4.31 Å². The van der Waals surface area contributed by atoms with Crippen molar-refractivity contribution in [3.63, 3.8) is 0 Å². The van der Waals surface area contributed by atoms with Gasteiger partial charge in [0.15, 0.2) is 0 Å². The van der Waals surface area contributed by atoms with Gasteiger partial charge in [-0.3, -0.25) is 9.10 Å². The Hall–Kier alpha value is -2.54. The fourth-order valence-electron chi connectivity index (χ4n) is 2.63. The molecule has 0 heterocycles. The van der Waals surface area contributed by atoms with Crippen LogP contribution in [0.4, 0.5) is 11.4 Å². The van der Waals surface area contributed by atoms with Crippen LogP contribution in [0.3, 0.4) is 0 Å². The maximum atomic E-state index is 12.4. The number of amides is 1. The summed E-state index contributed by atoms with van der Waals surface area (Å²) in [7, 11) is -3.50. The number of para-hydroxylation sites is 2. The van der Waals surface area contributed by atoms with Crippen molar-refractivity contribution in [2.24, 2.45) is 0 Å². The minimum atomic E-state index is -3.50. The van der Waals surface area contributed by atoms with Crippen LogP contribution in [0.25, 0.3) is 0 Å². The van der Waals surface area contributed by atoms with E-state index in [1.54, 1.807) is 24.3 Å². The number of carbonyl (C=O) groups is 1. The molecule has 0 aliphatic heterocycles. The number of anilines is 2. The standard InChI is InChI=1S/C20H26N2O4S/c1-5-26-19-9-7-6-8-18(19)21-20(23)12-13-22(27(4,24)25)17-11-10-15(2)16(3)14-17/h6-11,14H,5,12-13H2,1-4H3,(H,21,23). The van der Waals surface area contributed by atoms with Crippen LogP contribution in [0.1, 0.15) is 24.5 Å². The van der Waals surface area contributed by atoms with E-state index in [-0.39, 0.29) is 18.9 Å². The summed E-state index contributed by atoms with van der Waals surface area (Å²) in [5.41, 5.74) is 3.21. The van der Waals surface area contributed by atoms with Crippen LogP contribution in [-0.2, 0) is 14.8 Å². The Morgan fingerprint density at radius 3 is 2.44 bits per heavy atom. The molecule has 0 aromatic heterocycles. The summed E-state index contributed by atoms with van der Waals surface area (Å²) in [5.74, 6) is 0.308. The maximum absolute atomic E-state index is 12.4. The second-order valence-corrected chi connectivity index (χ2v) is 8.24. The minimum Gasteiger partial charge on any atom is -0.492 e.